The van der Waals surface area contributed by atoms with Crippen LogP contribution in [-0.4, -0.2) is 10.2 Å². The van der Waals surface area contributed by atoms with Crippen molar-refractivity contribution in [1.82, 2.24) is 10.2 Å². The van der Waals surface area contributed by atoms with Gasteiger partial charge in [-0.1, -0.05) is 6.07 Å². The quantitative estimate of drug-likeness (QED) is 0.666. The molecule has 15 heavy (non-hydrogen) atoms. The standard InChI is InChI=1S/C11H14N4/c1-8-2-3-10(12)11(6-8)13-7-9-4-5-14-15-9/h2-6,13H,7,12H2,1H3,(H,14,15). The van der Waals surface area contributed by atoms with E-state index < -0.39 is 0 Å². The molecule has 0 radical (unpaired) electrons. The lowest BCUT2D eigenvalue weighted by Gasteiger charge is -2.08. The molecular weight excluding hydrogens is 188 g/mol. The number of rotatable bonds is 3. The van der Waals surface area contributed by atoms with Gasteiger partial charge in [-0.15, -0.1) is 0 Å². The van der Waals surface area contributed by atoms with E-state index in [0.29, 0.717) is 6.54 Å². The maximum absolute atomic E-state index is 5.84. The molecule has 0 aliphatic heterocycles. The topological polar surface area (TPSA) is 66.7 Å². The van der Waals surface area contributed by atoms with Crippen LogP contribution in [0.1, 0.15) is 11.3 Å². The van der Waals surface area contributed by atoms with E-state index in [2.05, 4.69) is 15.5 Å². The molecular formula is C11H14N4. The number of anilines is 2. The molecule has 78 valence electrons. The van der Waals surface area contributed by atoms with Gasteiger partial charge in [-0.05, 0) is 30.7 Å². The van der Waals surface area contributed by atoms with Gasteiger partial charge in [0.25, 0.3) is 0 Å². The lowest BCUT2D eigenvalue weighted by atomic mass is 10.2. The Labute approximate surface area is 88.5 Å². The molecule has 0 spiro atoms. The second kappa shape index (κ2) is 4.04. The van der Waals surface area contributed by atoms with E-state index >= 15 is 0 Å². The highest BCUT2D eigenvalue weighted by Crippen LogP contribution is 2.19. The fraction of sp³-hybridized carbons (Fsp3) is 0.182. The van der Waals surface area contributed by atoms with Crippen LogP contribution < -0.4 is 11.1 Å². The van der Waals surface area contributed by atoms with Crippen LogP contribution in [0.5, 0.6) is 0 Å². The minimum atomic E-state index is 0.702. The molecule has 4 nitrogen and oxygen atoms in total. The van der Waals surface area contributed by atoms with Crippen LogP contribution >= 0.6 is 0 Å². The average molecular weight is 202 g/mol. The zero-order chi connectivity index (χ0) is 10.7. The van der Waals surface area contributed by atoms with Gasteiger partial charge in [0.2, 0.25) is 0 Å². The Kier molecular flexibility index (Phi) is 2.58. The molecule has 0 bridgehead atoms. The van der Waals surface area contributed by atoms with Gasteiger partial charge in [0.05, 0.1) is 23.6 Å². The number of hydrogen-bond donors (Lipinski definition) is 3. The third-order valence-corrected chi connectivity index (χ3v) is 2.24. The lowest BCUT2D eigenvalue weighted by molar-refractivity contribution is 0.981. The third kappa shape index (κ3) is 2.28. The molecule has 0 aliphatic rings. The van der Waals surface area contributed by atoms with Gasteiger partial charge in [-0.25, -0.2) is 0 Å². The highest BCUT2D eigenvalue weighted by atomic mass is 15.1. The summed E-state index contributed by atoms with van der Waals surface area (Å²) in [5.74, 6) is 0. The van der Waals surface area contributed by atoms with Crippen LogP contribution in [0, 0.1) is 6.92 Å². The molecule has 0 atom stereocenters. The lowest BCUT2D eigenvalue weighted by Crippen LogP contribution is -2.03. The minimum Gasteiger partial charge on any atom is -0.397 e. The zero-order valence-corrected chi connectivity index (χ0v) is 8.62. The van der Waals surface area contributed by atoms with Crippen LogP contribution in [0.4, 0.5) is 11.4 Å². The first kappa shape index (κ1) is 9.58. The molecule has 0 fully saturated rings. The van der Waals surface area contributed by atoms with Crippen molar-refractivity contribution in [2.24, 2.45) is 0 Å². The first-order valence-electron chi connectivity index (χ1n) is 4.84. The van der Waals surface area contributed by atoms with Crippen molar-refractivity contribution < 1.29 is 0 Å². The molecule has 0 aliphatic carbocycles. The zero-order valence-electron chi connectivity index (χ0n) is 8.62. The van der Waals surface area contributed by atoms with Crippen LogP contribution in [0.15, 0.2) is 30.5 Å². The molecule has 2 aromatic rings. The van der Waals surface area contributed by atoms with Crippen molar-refractivity contribution in [3.8, 4) is 0 Å². The first-order valence-corrected chi connectivity index (χ1v) is 4.84. The fourth-order valence-corrected chi connectivity index (χ4v) is 1.40. The maximum Gasteiger partial charge on any atom is 0.0579 e. The smallest absolute Gasteiger partial charge is 0.0579 e. The molecule has 2 rings (SSSR count). The first-order chi connectivity index (χ1) is 7.25. The van der Waals surface area contributed by atoms with Gasteiger partial charge < -0.3 is 11.1 Å². The Hall–Kier alpha value is -1.97. The highest BCUT2D eigenvalue weighted by molar-refractivity contribution is 5.66. The molecule has 4 N–H and O–H groups in total. The second-order valence-corrected chi connectivity index (χ2v) is 3.53. The summed E-state index contributed by atoms with van der Waals surface area (Å²) in [5.41, 5.74) is 9.80. The number of H-pyrrole nitrogens is 1. The molecule has 1 aromatic heterocycles. The van der Waals surface area contributed by atoms with Crippen LogP contribution in [-0.2, 0) is 6.54 Å². The van der Waals surface area contributed by atoms with E-state index in [0.717, 1.165) is 17.1 Å². The number of aryl methyl sites for hydroxylation is 1. The molecule has 0 unspecified atom stereocenters. The van der Waals surface area contributed by atoms with Gasteiger partial charge >= 0.3 is 0 Å². The van der Waals surface area contributed by atoms with Crippen molar-refractivity contribution in [3.05, 3.63) is 41.7 Å². The Bertz CT molecular complexity index is 434. The summed E-state index contributed by atoms with van der Waals surface area (Å²) in [7, 11) is 0. The summed E-state index contributed by atoms with van der Waals surface area (Å²) in [5, 5.41) is 10.0. The Morgan fingerprint density at radius 1 is 1.40 bits per heavy atom. The summed E-state index contributed by atoms with van der Waals surface area (Å²) >= 11 is 0. The molecule has 0 saturated carbocycles. The molecule has 0 saturated heterocycles. The van der Waals surface area contributed by atoms with Crippen molar-refractivity contribution in [2.45, 2.75) is 13.5 Å². The fourth-order valence-electron chi connectivity index (χ4n) is 1.40. The van der Waals surface area contributed by atoms with E-state index in [1.54, 1.807) is 6.20 Å². The maximum atomic E-state index is 5.84. The Balaban J connectivity index is 2.07. The van der Waals surface area contributed by atoms with Gasteiger partial charge in [-0.3, -0.25) is 5.10 Å². The average Bonchev–Trinajstić information content (AvgIpc) is 2.72. The largest absolute Gasteiger partial charge is 0.397 e. The third-order valence-electron chi connectivity index (χ3n) is 2.24. The number of nitrogens with one attached hydrogen (secondary N) is 2. The monoisotopic (exact) mass is 202 g/mol. The molecule has 1 aromatic carbocycles. The summed E-state index contributed by atoms with van der Waals surface area (Å²) in [6.07, 6.45) is 1.73. The molecule has 4 heteroatoms. The van der Waals surface area contributed by atoms with Crippen LogP contribution in [0.3, 0.4) is 0 Å². The van der Waals surface area contributed by atoms with E-state index in [4.69, 9.17) is 5.73 Å². The minimum absolute atomic E-state index is 0.702. The van der Waals surface area contributed by atoms with Gasteiger partial charge in [0, 0.05) is 6.20 Å². The van der Waals surface area contributed by atoms with Gasteiger partial charge in [0.1, 0.15) is 0 Å². The summed E-state index contributed by atoms with van der Waals surface area (Å²) in [4.78, 5) is 0. The number of aromatic amines is 1. The van der Waals surface area contributed by atoms with E-state index in [-0.39, 0.29) is 0 Å². The number of aromatic nitrogens is 2. The van der Waals surface area contributed by atoms with E-state index in [1.807, 2.05) is 31.2 Å². The number of hydrogen-bond acceptors (Lipinski definition) is 3. The normalized spacial score (nSPS) is 10.2. The van der Waals surface area contributed by atoms with Crippen molar-refractivity contribution in [1.29, 1.82) is 0 Å². The van der Waals surface area contributed by atoms with Crippen molar-refractivity contribution in [3.63, 3.8) is 0 Å². The number of nitrogens with zero attached hydrogens (tertiary/aromatic N) is 1. The predicted octanol–water partition coefficient (Wildman–Crippen LogP) is 1.91. The summed E-state index contributed by atoms with van der Waals surface area (Å²) < 4.78 is 0. The summed E-state index contributed by atoms with van der Waals surface area (Å²) in [6, 6.07) is 7.87. The van der Waals surface area contributed by atoms with E-state index in [9.17, 15) is 0 Å². The second-order valence-electron chi connectivity index (χ2n) is 3.53. The molecule has 0 amide bonds. The van der Waals surface area contributed by atoms with Crippen molar-refractivity contribution in [2.75, 3.05) is 11.1 Å². The van der Waals surface area contributed by atoms with Crippen LogP contribution in [0.2, 0.25) is 0 Å². The SMILES string of the molecule is Cc1ccc(N)c(NCc2ccn[nH]2)c1. The Morgan fingerprint density at radius 2 is 2.27 bits per heavy atom. The van der Waals surface area contributed by atoms with Gasteiger partial charge in [-0.2, -0.15) is 5.10 Å². The predicted molar refractivity (Wildman–Crippen MR) is 61.5 cm³/mol. The number of nitrogen functional groups attached to an aromatic ring is 1. The number of benzene rings is 1. The highest BCUT2D eigenvalue weighted by Gasteiger charge is 1.99. The van der Waals surface area contributed by atoms with Crippen LogP contribution in [0.25, 0.3) is 0 Å². The summed E-state index contributed by atoms with van der Waals surface area (Å²) in [6.45, 7) is 2.74. The van der Waals surface area contributed by atoms with Gasteiger partial charge in [0.15, 0.2) is 0 Å². The Morgan fingerprint density at radius 3 is 3.00 bits per heavy atom. The molecule has 1 heterocycles. The number of nitrogens with two attached hydrogens (primary N) is 1. The van der Waals surface area contributed by atoms with Crippen molar-refractivity contribution >= 4 is 11.4 Å². The van der Waals surface area contributed by atoms with E-state index in [1.165, 1.54) is 5.56 Å².